The molecule has 0 saturated carbocycles. The summed E-state index contributed by atoms with van der Waals surface area (Å²) in [6, 6.07) is 9.52. The predicted octanol–water partition coefficient (Wildman–Crippen LogP) is 3.68. The number of halogens is 1. The van der Waals surface area contributed by atoms with E-state index in [1.807, 2.05) is 13.0 Å². The van der Waals surface area contributed by atoms with Crippen molar-refractivity contribution in [3.8, 4) is 0 Å². The fourth-order valence-corrected chi connectivity index (χ4v) is 2.78. The minimum atomic E-state index is -0.278. The molecule has 2 aromatic heterocycles. The summed E-state index contributed by atoms with van der Waals surface area (Å²) in [6.07, 6.45) is 5.11. The lowest BCUT2D eigenvalue weighted by Crippen LogP contribution is -2.27. The summed E-state index contributed by atoms with van der Waals surface area (Å²) >= 11 is 1.23. The Labute approximate surface area is 153 Å². The first-order chi connectivity index (χ1) is 12.6. The Hall–Kier alpha value is -2.87. The molecule has 0 aliphatic rings. The van der Waals surface area contributed by atoms with Crippen molar-refractivity contribution >= 4 is 29.8 Å². The highest BCUT2D eigenvalue weighted by atomic mass is 32.2. The van der Waals surface area contributed by atoms with Crippen molar-refractivity contribution in [3.63, 3.8) is 0 Å². The van der Waals surface area contributed by atoms with E-state index < -0.39 is 0 Å². The summed E-state index contributed by atoms with van der Waals surface area (Å²) in [5.74, 6) is 1.05. The maximum atomic E-state index is 12.9. The minimum absolute atomic E-state index is 0.132. The van der Waals surface area contributed by atoms with E-state index >= 15 is 0 Å². The number of rotatable bonds is 7. The van der Waals surface area contributed by atoms with Crippen LogP contribution in [0.2, 0.25) is 0 Å². The van der Waals surface area contributed by atoms with Crippen LogP contribution >= 0.6 is 11.8 Å². The zero-order valence-electron chi connectivity index (χ0n) is 14.0. The number of nitrogens with zero attached hydrogens (tertiary/aromatic N) is 2. The monoisotopic (exact) mass is 372 g/mol. The normalized spacial score (nSPS) is 12.4. The predicted molar refractivity (Wildman–Crippen MR) is 97.7 cm³/mol. The average Bonchev–Trinajstić information content (AvgIpc) is 3.31. The van der Waals surface area contributed by atoms with E-state index in [2.05, 4.69) is 20.5 Å². The summed E-state index contributed by atoms with van der Waals surface area (Å²) in [7, 11) is 0. The zero-order chi connectivity index (χ0) is 18.4. The van der Waals surface area contributed by atoms with Gasteiger partial charge in [0, 0.05) is 0 Å². The second kappa shape index (κ2) is 8.48. The lowest BCUT2D eigenvalue weighted by molar-refractivity contribution is -0.119. The van der Waals surface area contributed by atoms with E-state index in [1.165, 1.54) is 23.9 Å². The van der Waals surface area contributed by atoms with Crippen molar-refractivity contribution in [2.24, 2.45) is 0 Å². The molecule has 0 spiro atoms. The summed E-state index contributed by atoms with van der Waals surface area (Å²) in [6.45, 7) is 1.85. The fraction of sp³-hybridized carbons (Fsp3) is 0.167. The quantitative estimate of drug-likeness (QED) is 0.618. The molecular formula is C18H17FN4O2S. The van der Waals surface area contributed by atoms with Gasteiger partial charge in [0.15, 0.2) is 0 Å². The van der Waals surface area contributed by atoms with Gasteiger partial charge < -0.3 is 9.73 Å². The third-order valence-electron chi connectivity index (χ3n) is 3.47. The first-order valence-electron chi connectivity index (χ1n) is 7.92. The molecule has 6 nitrogen and oxygen atoms in total. The number of carbonyl (C=O) groups is 1. The van der Waals surface area contributed by atoms with E-state index in [-0.39, 0.29) is 23.5 Å². The van der Waals surface area contributed by atoms with Gasteiger partial charge in [0.1, 0.15) is 17.4 Å². The van der Waals surface area contributed by atoms with Crippen molar-refractivity contribution in [1.29, 1.82) is 0 Å². The van der Waals surface area contributed by atoms with Gasteiger partial charge in [-0.1, -0.05) is 30.0 Å². The van der Waals surface area contributed by atoms with Gasteiger partial charge in [0.25, 0.3) is 0 Å². The number of hydrogen-bond donors (Lipinski definition) is 2. The van der Waals surface area contributed by atoms with Gasteiger partial charge >= 0.3 is 0 Å². The molecule has 1 aromatic carbocycles. The van der Waals surface area contributed by atoms with Crippen LogP contribution in [0.4, 0.5) is 4.39 Å². The molecule has 8 heteroatoms. The molecular weight excluding hydrogens is 355 g/mol. The number of nitrogens with one attached hydrogen (secondary N) is 2. The fourth-order valence-electron chi connectivity index (χ4n) is 2.17. The molecule has 0 radical (unpaired) electrons. The van der Waals surface area contributed by atoms with Crippen LogP contribution in [-0.2, 0) is 4.79 Å². The number of aromatic amines is 1. The summed E-state index contributed by atoms with van der Waals surface area (Å²) < 4.78 is 18.1. The molecule has 1 atom stereocenters. The smallest absolute Gasteiger partial charge is 0.231 e. The number of carbonyl (C=O) groups excluding carboxylic acids is 1. The third kappa shape index (κ3) is 5.06. The molecule has 0 saturated heterocycles. The highest BCUT2D eigenvalue weighted by Crippen LogP contribution is 2.16. The van der Waals surface area contributed by atoms with E-state index in [1.54, 1.807) is 36.6 Å². The second-order valence-corrected chi connectivity index (χ2v) is 6.42. The number of thioether (sulfide) groups is 1. The van der Waals surface area contributed by atoms with E-state index in [0.29, 0.717) is 16.7 Å². The standard InChI is InChI=1S/C18H17FN4O2S/c1-12(15-3-2-10-25-15)20-17(24)11-26-18-21-16(22-23-18)9-6-13-4-7-14(19)8-5-13/h2-10,12H,11H2,1H3,(H,20,24)(H,21,22,23)/b9-6+. The second-order valence-electron chi connectivity index (χ2n) is 5.48. The van der Waals surface area contributed by atoms with E-state index in [4.69, 9.17) is 4.42 Å². The SMILES string of the molecule is CC(NC(=O)CSc1n[nH]c(/C=C/c2ccc(F)cc2)n1)c1ccco1. The molecule has 2 heterocycles. The summed E-state index contributed by atoms with van der Waals surface area (Å²) in [5, 5.41) is 10.2. The molecule has 3 rings (SSSR count). The van der Waals surface area contributed by atoms with Crippen LogP contribution in [0.25, 0.3) is 12.2 Å². The lowest BCUT2D eigenvalue weighted by Gasteiger charge is -2.10. The van der Waals surface area contributed by atoms with Gasteiger partial charge in [-0.05, 0) is 42.8 Å². The number of benzene rings is 1. The largest absolute Gasteiger partial charge is 0.467 e. The van der Waals surface area contributed by atoms with Crippen LogP contribution in [0.15, 0.2) is 52.2 Å². The first kappa shape index (κ1) is 17.9. The lowest BCUT2D eigenvalue weighted by atomic mass is 10.2. The van der Waals surface area contributed by atoms with Gasteiger partial charge in [0.2, 0.25) is 11.1 Å². The van der Waals surface area contributed by atoms with Gasteiger partial charge in [-0.15, -0.1) is 5.10 Å². The Bertz CT molecular complexity index is 875. The highest BCUT2D eigenvalue weighted by molar-refractivity contribution is 7.99. The van der Waals surface area contributed by atoms with Crippen LogP contribution in [0.3, 0.4) is 0 Å². The third-order valence-corrected chi connectivity index (χ3v) is 4.31. The maximum Gasteiger partial charge on any atom is 0.231 e. The molecule has 1 amide bonds. The number of aromatic nitrogens is 3. The molecule has 2 N–H and O–H groups in total. The van der Waals surface area contributed by atoms with E-state index in [9.17, 15) is 9.18 Å². The molecule has 0 aliphatic heterocycles. The Morgan fingerprint density at radius 2 is 2.15 bits per heavy atom. The Balaban J connectivity index is 1.49. The Kier molecular flexibility index (Phi) is 5.85. The van der Waals surface area contributed by atoms with Crippen LogP contribution in [0.1, 0.15) is 30.1 Å². The van der Waals surface area contributed by atoms with Gasteiger partial charge in [-0.2, -0.15) is 0 Å². The zero-order valence-corrected chi connectivity index (χ0v) is 14.8. The van der Waals surface area contributed by atoms with Gasteiger partial charge in [0.05, 0.1) is 18.1 Å². The van der Waals surface area contributed by atoms with Crippen LogP contribution in [0.5, 0.6) is 0 Å². The van der Waals surface area contributed by atoms with E-state index in [0.717, 1.165) is 5.56 Å². The maximum absolute atomic E-state index is 12.9. The molecule has 0 bridgehead atoms. The summed E-state index contributed by atoms with van der Waals surface area (Å²) in [5.41, 5.74) is 0.850. The first-order valence-corrected chi connectivity index (χ1v) is 8.90. The number of H-pyrrole nitrogens is 1. The molecule has 134 valence electrons. The highest BCUT2D eigenvalue weighted by Gasteiger charge is 2.13. The molecule has 26 heavy (non-hydrogen) atoms. The Morgan fingerprint density at radius 1 is 1.35 bits per heavy atom. The molecule has 0 aliphatic carbocycles. The van der Waals surface area contributed by atoms with Gasteiger partial charge in [-0.25, -0.2) is 9.37 Å². The molecule has 0 fully saturated rings. The van der Waals surface area contributed by atoms with Crippen molar-refractivity contribution < 1.29 is 13.6 Å². The Morgan fingerprint density at radius 3 is 2.88 bits per heavy atom. The number of furan rings is 1. The van der Waals surface area contributed by atoms with Crippen molar-refractivity contribution in [3.05, 3.63) is 65.6 Å². The van der Waals surface area contributed by atoms with Crippen molar-refractivity contribution in [2.45, 2.75) is 18.1 Å². The topological polar surface area (TPSA) is 83.8 Å². The van der Waals surface area contributed by atoms with Crippen LogP contribution < -0.4 is 5.32 Å². The molecule has 3 aromatic rings. The number of hydrogen-bond acceptors (Lipinski definition) is 5. The van der Waals surface area contributed by atoms with Crippen molar-refractivity contribution in [1.82, 2.24) is 20.5 Å². The van der Waals surface area contributed by atoms with Crippen LogP contribution in [0, 0.1) is 5.82 Å². The minimum Gasteiger partial charge on any atom is -0.467 e. The summed E-state index contributed by atoms with van der Waals surface area (Å²) in [4.78, 5) is 16.3. The number of amides is 1. The van der Waals surface area contributed by atoms with Crippen LogP contribution in [-0.4, -0.2) is 26.8 Å². The molecule has 1 unspecified atom stereocenters. The van der Waals surface area contributed by atoms with Crippen molar-refractivity contribution in [2.75, 3.05) is 5.75 Å². The van der Waals surface area contributed by atoms with Gasteiger partial charge in [-0.3, -0.25) is 9.89 Å². The average molecular weight is 372 g/mol.